The monoisotopic (exact) mass is 845 g/mol. The van der Waals surface area contributed by atoms with Crippen LogP contribution in [0.2, 0.25) is 0 Å². The van der Waals surface area contributed by atoms with Crippen LogP contribution in [0.15, 0.2) is 24.3 Å². The van der Waals surface area contributed by atoms with E-state index in [1.807, 2.05) is 0 Å². The summed E-state index contributed by atoms with van der Waals surface area (Å²) in [5.41, 5.74) is 0. The highest BCUT2D eigenvalue weighted by Gasteiger charge is 2.17. The smallest absolute Gasteiger partial charge is 0.306 e. The molecule has 0 aromatic heterocycles. The number of carbonyl (C=O) groups excluding carboxylic acids is 2. The highest BCUT2D eigenvalue weighted by Crippen LogP contribution is 2.15. The van der Waals surface area contributed by atoms with Crippen molar-refractivity contribution in [1.82, 2.24) is 0 Å². The predicted molar refractivity (Wildman–Crippen MR) is 261 cm³/mol. The molecule has 0 radical (unpaired) electrons. The van der Waals surface area contributed by atoms with Gasteiger partial charge >= 0.3 is 11.9 Å². The molecule has 0 N–H and O–H groups in total. The van der Waals surface area contributed by atoms with E-state index in [2.05, 4.69) is 45.1 Å². The molecule has 0 bridgehead atoms. The third kappa shape index (κ3) is 49.0. The summed E-state index contributed by atoms with van der Waals surface area (Å²) in [7, 11) is 0. The summed E-state index contributed by atoms with van der Waals surface area (Å²) in [5, 5.41) is 0. The maximum Gasteiger partial charge on any atom is 0.306 e. The first-order valence-corrected chi connectivity index (χ1v) is 26.9. The van der Waals surface area contributed by atoms with Crippen LogP contribution in [0.3, 0.4) is 0 Å². The molecule has 0 spiro atoms. The summed E-state index contributed by atoms with van der Waals surface area (Å²) < 4.78 is 17.4. The van der Waals surface area contributed by atoms with Crippen molar-refractivity contribution in [3.63, 3.8) is 0 Å². The Labute approximate surface area is 375 Å². The fraction of sp³-hybridized carbons (Fsp3) is 0.891. The van der Waals surface area contributed by atoms with Gasteiger partial charge in [-0.2, -0.15) is 0 Å². The first-order chi connectivity index (χ1) is 29.6. The van der Waals surface area contributed by atoms with Gasteiger partial charge in [-0.25, -0.2) is 0 Å². The fourth-order valence-corrected chi connectivity index (χ4v) is 7.91. The quantitative estimate of drug-likeness (QED) is 0.0347. The van der Waals surface area contributed by atoms with Gasteiger partial charge in [0.15, 0.2) is 6.10 Å². The highest BCUT2D eigenvalue weighted by atomic mass is 16.6. The topological polar surface area (TPSA) is 61.8 Å². The third-order valence-electron chi connectivity index (χ3n) is 12.0. The number of rotatable bonds is 50. The number of allylic oxidation sites excluding steroid dienone is 4. The van der Waals surface area contributed by atoms with Crippen LogP contribution in [0.4, 0.5) is 0 Å². The lowest BCUT2D eigenvalue weighted by molar-refractivity contribution is -0.163. The lowest BCUT2D eigenvalue weighted by Crippen LogP contribution is -2.30. The van der Waals surface area contributed by atoms with Gasteiger partial charge in [-0.05, 0) is 70.6 Å². The van der Waals surface area contributed by atoms with Gasteiger partial charge in [0.05, 0.1) is 6.61 Å². The van der Waals surface area contributed by atoms with E-state index in [-0.39, 0.29) is 18.5 Å². The van der Waals surface area contributed by atoms with Gasteiger partial charge in [-0.3, -0.25) is 9.59 Å². The third-order valence-corrected chi connectivity index (χ3v) is 12.0. The van der Waals surface area contributed by atoms with E-state index < -0.39 is 6.10 Å². The van der Waals surface area contributed by atoms with Crippen LogP contribution in [-0.4, -0.2) is 37.9 Å². The van der Waals surface area contributed by atoms with Gasteiger partial charge in [-0.15, -0.1) is 0 Å². The first-order valence-electron chi connectivity index (χ1n) is 26.9. The summed E-state index contributed by atoms with van der Waals surface area (Å²) in [4.78, 5) is 25.3. The van der Waals surface area contributed by atoms with Crippen molar-refractivity contribution in [1.29, 1.82) is 0 Å². The van der Waals surface area contributed by atoms with Crippen LogP contribution < -0.4 is 0 Å². The molecule has 354 valence electrons. The summed E-state index contributed by atoms with van der Waals surface area (Å²) >= 11 is 0. The van der Waals surface area contributed by atoms with Crippen molar-refractivity contribution in [2.24, 2.45) is 0 Å². The Bertz CT molecular complexity index is 913. The largest absolute Gasteiger partial charge is 0.462 e. The summed E-state index contributed by atoms with van der Waals surface area (Å²) in [6, 6.07) is 0. The summed E-state index contributed by atoms with van der Waals surface area (Å²) in [5.74, 6) is -0.392. The molecule has 0 amide bonds. The number of hydrogen-bond donors (Lipinski definition) is 0. The summed E-state index contributed by atoms with van der Waals surface area (Å²) in [6.07, 6.45) is 60.6. The molecule has 5 heteroatoms. The second-order valence-corrected chi connectivity index (χ2v) is 18.1. The fourth-order valence-electron chi connectivity index (χ4n) is 7.91. The van der Waals surface area contributed by atoms with Crippen molar-refractivity contribution in [2.45, 2.75) is 297 Å². The number of esters is 2. The minimum Gasteiger partial charge on any atom is -0.462 e. The van der Waals surface area contributed by atoms with E-state index in [9.17, 15) is 9.59 Å². The van der Waals surface area contributed by atoms with Gasteiger partial charge in [-0.1, -0.05) is 231 Å². The van der Waals surface area contributed by atoms with Crippen molar-refractivity contribution >= 4 is 11.9 Å². The lowest BCUT2D eigenvalue weighted by Gasteiger charge is -2.18. The van der Waals surface area contributed by atoms with Crippen LogP contribution in [0.1, 0.15) is 290 Å². The minimum atomic E-state index is -0.530. The first kappa shape index (κ1) is 58.4. The maximum absolute atomic E-state index is 12.7. The van der Waals surface area contributed by atoms with Crippen LogP contribution >= 0.6 is 0 Å². The predicted octanol–water partition coefficient (Wildman–Crippen LogP) is 18.0. The van der Waals surface area contributed by atoms with E-state index in [1.54, 1.807) is 0 Å². The standard InChI is InChI=1S/C55H104O5/c1-4-7-10-13-16-18-20-22-24-26-28-29-31-33-35-37-40-42-45-48-54(56)59-52-53(60-55(57)49-46-43-39-15-12-9-6-3)51-58-50-47-44-41-38-36-34-32-30-27-25-23-21-19-17-14-11-8-5-2/h22-25,53H,4-21,26-52H2,1-3H3/b24-22-,25-23-. The molecule has 0 aliphatic rings. The van der Waals surface area contributed by atoms with E-state index in [0.717, 1.165) is 38.5 Å². The van der Waals surface area contributed by atoms with Crippen LogP contribution in [-0.2, 0) is 23.8 Å². The highest BCUT2D eigenvalue weighted by molar-refractivity contribution is 5.70. The molecule has 0 aliphatic heterocycles. The molecule has 5 nitrogen and oxygen atoms in total. The Morgan fingerprint density at radius 3 is 1.02 bits per heavy atom. The molecule has 1 atom stereocenters. The number of carbonyl (C=O) groups is 2. The van der Waals surface area contributed by atoms with Crippen molar-refractivity contribution < 1.29 is 23.8 Å². The molecule has 0 aromatic rings. The zero-order valence-corrected chi connectivity index (χ0v) is 40.7. The van der Waals surface area contributed by atoms with Crippen LogP contribution in [0.25, 0.3) is 0 Å². The average molecular weight is 845 g/mol. The maximum atomic E-state index is 12.7. The lowest BCUT2D eigenvalue weighted by atomic mass is 10.1. The normalized spacial score (nSPS) is 12.2. The number of unbranched alkanes of at least 4 members (excludes halogenated alkanes) is 35. The molecular formula is C55H104O5. The van der Waals surface area contributed by atoms with Crippen molar-refractivity contribution in [2.75, 3.05) is 19.8 Å². The van der Waals surface area contributed by atoms with Crippen LogP contribution in [0.5, 0.6) is 0 Å². The van der Waals surface area contributed by atoms with Crippen LogP contribution in [0, 0.1) is 0 Å². The molecule has 1 unspecified atom stereocenters. The molecule has 60 heavy (non-hydrogen) atoms. The van der Waals surface area contributed by atoms with Gasteiger partial charge in [0.2, 0.25) is 0 Å². The van der Waals surface area contributed by atoms with E-state index in [1.165, 1.54) is 218 Å². The molecule has 0 rings (SSSR count). The molecule has 0 aliphatic carbocycles. The molecule has 0 heterocycles. The van der Waals surface area contributed by atoms with Gasteiger partial charge in [0.1, 0.15) is 6.61 Å². The Kier molecular flexibility index (Phi) is 50.3. The summed E-state index contributed by atoms with van der Waals surface area (Å²) in [6.45, 7) is 7.83. The zero-order valence-electron chi connectivity index (χ0n) is 40.7. The second-order valence-electron chi connectivity index (χ2n) is 18.1. The van der Waals surface area contributed by atoms with Crippen molar-refractivity contribution in [3.05, 3.63) is 24.3 Å². The van der Waals surface area contributed by atoms with E-state index >= 15 is 0 Å². The second kappa shape index (κ2) is 51.7. The van der Waals surface area contributed by atoms with E-state index in [0.29, 0.717) is 26.1 Å². The van der Waals surface area contributed by atoms with Gasteiger partial charge in [0, 0.05) is 19.4 Å². The Balaban J connectivity index is 4.06. The zero-order chi connectivity index (χ0) is 43.5. The van der Waals surface area contributed by atoms with Gasteiger partial charge in [0.25, 0.3) is 0 Å². The Hall–Kier alpha value is -1.62. The molecule has 0 saturated carbocycles. The number of ether oxygens (including phenoxy) is 3. The molecular weight excluding hydrogens is 741 g/mol. The molecule has 0 saturated heterocycles. The number of hydrogen-bond acceptors (Lipinski definition) is 5. The average Bonchev–Trinajstić information content (AvgIpc) is 3.25. The minimum absolute atomic E-state index is 0.0887. The molecule has 0 aromatic carbocycles. The Morgan fingerprint density at radius 2 is 0.650 bits per heavy atom. The Morgan fingerprint density at radius 1 is 0.350 bits per heavy atom. The van der Waals surface area contributed by atoms with Crippen molar-refractivity contribution in [3.8, 4) is 0 Å². The van der Waals surface area contributed by atoms with Gasteiger partial charge < -0.3 is 14.2 Å². The van der Waals surface area contributed by atoms with E-state index in [4.69, 9.17) is 14.2 Å². The molecule has 0 fully saturated rings. The SMILES string of the molecule is CCCCCCCC/C=C\CCCCCCCCCCCC(=O)OCC(COCCCCCCCCCC/C=C\CCCCCCCC)OC(=O)CCCCCCCCC.